The Labute approximate surface area is 214 Å². The van der Waals surface area contributed by atoms with Crippen LogP contribution in [-0.2, 0) is 13.6 Å². The molecular weight excluding hydrogens is 460 g/mol. The fourth-order valence-electron chi connectivity index (χ4n) is 5.01. The number of fused-ring (bicyclic) bond motifs is 2. The van der Waals surface area contributed by atoms with E-state index in [-0.39, 0.29) is 0 Å². The zero-order valence-electron chi connectivity index (χ0n) is 20.8. The SMILES string of the molecule is Cc1nn2c(-c3ccnc4nc(-c5ccn(C)n5)ccc34)cnc2cc1-c1ccc(CN2CCC2)cc1. The molecule has 1 saturated heterocycles. The third kappa shape index (κ3) is 3.86. The van der Waals surface area contributed by atoms with Crippen LogP contribution < -0.4 is 0 Å². The number of hydrogen-bond acceptors (Lipinski definition) is 6. The number of nitrogens with zero attached hydrogens (tertiary/aromatic N) is 8. The van der Waals surface area contributed by atoms with E-state index in [0.29, 0.717) is 5.65 Å². The average molecular weight is 487 g/mol. The van der Waals surface area contributed by atoms with Crippen molar-refractivity contribution >= 4 is 16.7 Å². The fourth-order valence-corrected chi connectivity index (χ4v) is 5.01. The Balaban J connectivity index is 1.25. The van der Waals surface area contributed by atoms with Crippen LogP contribution in [0.15, 0.2) is 73.2 Å². The zero-order valence-corrected chi connectivity index (χ0v) is 20.8. The molecule has 6 heterocycles. The highest BCUT2D eigenvalue weighted by Gasteiger charge is 2.16. The van der Waals surface area contributed by atoms with Gasteiger partial charge in [0.2, 0.25) is 0 Å². The normalized spacial score (nSPS) is 13.9. The molecule has 8 nitrogen and oxygen atoms in total. The van der Waals surface area contributed by atoms with Crippen LogP contribution in [0.2, 0.25) is 0 Å². The van der Waals surface area contributed by atoms with Crippen LogP contribution in [0.3, 0.4) is 0 Å². The van der Waals surface area contributed by atoms with E-state index in [1.165, 1.54) is 25.1 Å². The summed E-state index contributed by atoms with van der Waals surface area (Å²) in [5.74, 6) is 0. The molecule has 182 valence electrons. The van der Waals surface area contributed by atoms with E-state index in [9.17, 15) is 0 Å². The second-order valence-electron chi connectivity index (χ2n) is 9.68. The predicted molar refractivity (Wildman–Crippen MR) is 144 cm³/mol. The van der Waals surface area contributed by atoms with Gasteiger partial charge in [-0.1, -0.05) is 24.3 Å². The van der Waals surface area contributed by atoms with Crippen LogP contribution in [0, 0.1) is 6.92 Å². The number of imidazole rings is 1. The maximum absolute atomic E-state index is 4.95. The van der Waals surface area contributed by atoms with Gasteiger partial charge in [0.15, 0.2) is 11.3 Å². The largest absolute Gasteiger partial charge is 0.299 e. The van der Waals surface area contributed by atoms with Crippen molar-refractivity contribution in [2.45, 2.75) is 19.9 Å². The molecule has 1 aromatic carbocycles. The predicted octanol–water partition coefficient (Wildman–Crippen LogP) is 4.92. The summed E-state index contributed by atoms with van der Waals surface area (Å²) in [6, 6.07) is 19.0. The average Bonchev–Trinajstić information content (AvgIpc) is 3.51. The van der Waals surface area contributed by atoms with Crippen LogP contribution >= 0.6 is 0 Å². The van der Waals surface area contributed by atoms with Crippen molar-refractivity contribution in [3.63, 3.8) is 0 Å². The van der Waals surface area contributed by atoms with Gasteiger partial charge in [-0.15, -0.1) is 0 Å². The van der Waals surface area contributed by atoms with Gasteiger partial charge in [-0.2, -0.15) is 10.2 Å². The molecule has 0 radical (unpaired) electrons. The van der Waals surface area contributed by atoms with E-state index < -0.39 is 0 Å². The van der Waals surface area contributed by atoms with Gasteiger partial charge in [-0.3, -0.25) is 9.58 Å². The Bertz CT molecular complexity index is 1760. The molecular formula is C29H26N8. The first-order valence-corrected chi connectivity index (χ1v) is 12.6. The minimum atomic E-state index is 0.669. The van der Waals surface area contributed by atoms with Gasteiger partial charge in [0.1, 0.15) is 5.69 Å². The summed E-state index contributed by atoms with van der Waals surface area (Å²) in [5.41, 5.74) is 9.56. The molecule has 5 aromatic heterocycles. The third-order valence-electron chi connectivity index (χ3n) is 7.15. The first kappa shape index (κ1) is 21.8. The number of aromatic nitrogens is 7. The summed E-state index contributed by atoms with van der Waals surface area (Å²) in [4.78, 5) is 16.5. The highest BCUT2D eigenvalue weighted by molar-refractivity contribution is 5.93. The van der Waals surface area contributed by atoms with Gasteiger partial charge in [0, 0.05) is 42.5 Å². The van der Waals surface area contributed by atoms with E-state index in [2.05, 4.69) is 58.3 Å². The second kappa shape index (κ2) is 8.60. The first-order chi connectivity index (χ1) is 18.1. The summed E-state index contributed by atoms with van der Waals surface area (Å²) in [5, 5.41) is 10.4. The molecule has 1 fully saturated rings. The van der Waals surface area contributed by atoms with Crippen molar-refractivity contribution in [2.75, 3.05) is 13.1 Å². The molecule has 0 N–H and O–H groups in total. The highest BCUT2D eigenvalue weighted by Crippen LogP contribution is 2.31. The van der Waals surface area contributed by atoms with Crippen molar-refractivity contribution < 1.29 is 0 Å². The molecule has 0 spiro atoms. The molecule has 0 saturated carbocycles. The molecule has 0 aliphatic carbocycles. The lowest BCUT2D eigenvalue weighted by Crippen LogP contribution is -2.36. The van der Waals surface area contributed by atoms with E-state index in [4.69, 9.17) is 15.1 Å². The van der Waals surface area contributed by atoms with Gasteiger partial charge in [-0.25, -0.2) is 19.5 Å². The van der Waals surface area contributed by atoms with Crippen LogP contribution in [0.4, 0.5) is 0 Å². The Morgan fingerprint density at radius 1 is 0.865 bits per heavy atom. The smallest absolute Gasteiger partial charge is 0.160 e. The van der Waals surface area contributed by atoms with Gasteiger partial charge >= 0.3 is 0 Å². The van der Waals surface area contributed by atoms with Gasteiger partial charge < -0.3 is 0 Å². The molecule has 7 rings (SSSR count). The summed E-state index contributed by atoms with van der Waals surface area (Å²) < 4.78 is 3.69. The minimum Gasteiger partial charge on any atom is -0.299 e. The Kier molecular flexibility index (Phi) is 5.07. The molecule has 6 aromatic rings. The maximum Gasteiger partial charge on any atom is 0.160 e. The van der Waals surface area contributed by atoms with Crippen LogP contribution in [0.5, 0.6) is 0 Å². The number of benzene rings is 1. The van der Waals surface area contributed by atoms with E-state index in [0.717, 1.165) is 57.0 Å². The van der Waals surface area contributed by atoms with Crippen molar-refractivity contribution in [3.8, 4) is 33.8 Å². The molecule has 0 unspecified atom stereocenters. The summed E-state index contributed by atoms with van der Waals surface area (Å²) >= 11 is 0. The molecule has 8 heteroatoms. The Morgan fingerprint density at radius 2 is 1.73 bits per heavy atom. The molecule has 0 bridgehead atoms. The molecule has 37 heavy (non-hydrogen) atoms. The quantitative estimate of drug-likeness (QED) is 0.344. The molecule has 0 amide bonds. The lowest BCUT2D eigenvalue weighted by Gasteiger charge is -2.30. The maximum atomic E-state index is 4.95. The lowest BCUT2D eigenvalue weighted by molar-refractivity contribution is 0.172. The number of likely N-dealkylation sites (tertiary alicyclic amines) is 1. The van der Waals surface area contributed by atoms with Crippen molar-refractivity contribution in [1.82, 2.24) is 39.2 Å². The van der Waals surface area contributed by atoms with Crippen LogP contribution in [-0.4, -0.2) is 52.3 Å². The standard InChI is InChI=1S/C29H26N8/c1-19-24(21-6-4-20(5-7-21)18-36-13-3-14-36)16-28-31-17-27(37(28)33-19)22-10-12-30-29-23(22)8-9-25(32-29)26-11-15-35(2)34-26/h4-12,15-17H,3,13-14,18H2,1-2H3. The second-order valence-corrected chi connectivity index (χ2v) is 9.68. The van der Waals surface area contributed by atoms with Gasteiger partial charge in [0.25, 0.3) is 0 Å². The van der Waals surface area contributed by atoms with E-state index in [1.807, 2.05) is 42.2 Å². The first-order valence-electron chi connectivity index (χ1n) is 12.6. The number of rotatable bonds is 5. The van der Waals surface area contributed by atoms with Crippen molar-refractivity contribution in [3.05, 3.63) is 84.4 Å². The summed E-state index contributed by atoms with van der Waals surface area (Å²) in [6.45, 7) is 5.49. The van der Waals surface area contributed by atoms with Crippen LogP contribution in [0.1, 0.15) is 17.7 Å². The molecule has 1 aliphatic rings. The number of hydrogen-bond donors (Lipinski definition) is 0. The van der Waals surface area contributed by atoms with Gasteiger partial charge in [0.05, 0.1) is 23.3 Å². The van der Waals surface area contributed by atoms with E-state index >= 15 is 0 Å². The topological polar surface area (TPSA) is 77.0 Å². The number of aryl methyl sites for hydroxylation is 2. The number of pyridine rings is 2. The highest BCUT2D eigenvalue weighted by atomic mass is 15.3. The Morgan fingerprint density at radius 3 is 2.49 bits per heavy atom. The van der Waals surface area contributed by atoms with Crippen molar-refractivity contribution in [2.24, 2.45) is 7.05 Å². The monoisotopic (exact) mass is 486 g/mol. The van der Waals surface area contributed by atoms with Crippen LogP contribution in [0.25, 0.3) is 50.5 Å². The summed E-state index contributed by atoms with van der Waals surface area (Å²) in [6.07, 6.45) is 6.89. The van der Waals surface area contributed by atoms with E-state index in [1.54, 1.807) is 10.9 Å². The summed E-state index contributed by atoms with van der Waals surface area (Å²) in [7, 11) is 1.90. The minimum absolute atomic E-state index is 0.669. The molecule has 0 atom stereocenters. The fraction of sp³-hybridized carbons (Fsp3) is 0.207. The third-order valence-corrected chi connectivity index (χ3v) is 7.15. The Hall–Kier alpha value is -4.43. The van der Waals surface area contributed by atoms with Crippen molar-refractivity contribution in [1.29, 1.82) is 0 Å². The molecule has 1 aliphatic heterocycles. The lowest BCUT2D eigenvalue weighted by atomic mass is 10.0. The van der Waals surface area contributed by atoms with Gasteiger partial charge in [-0.05, 0) is 67.9 Å². The zero-order chi connectivity index (χ0) is 24.9.